The largest absolute Gasteiger partial charge is 0.443 e. The van der Waals surface area contributed by atoms with E-state index < -0.39 is 12.0 Å². The number of esters is 1. The zero-order valence-electron chi connectivity index (χ0n) is 19.1. The highest BCUT2D eigenvalue weighted by Gasteiger charge is 2.22. The molecule has 0 bridgehead atoms. The summed E-state index contributed by atoms with van der Waals surface area (Å²) in [4.78, 5) is 35.0. The maximum absolute atomic E-state index is 12.3. The molecule has 0 saturated heterocycles. The molecular formula is C25H40N2O4. The first kappa shape index (κ1) is 26.7. The maximum atomic E-state index is 12.3. The fourth-order valence-electron chi connectivity index (χ4n) is 3.51. The van der Waals surface area contributed by atoms with Gasteiger partial charge in [-0.25, -0.2) is 4.79 Å². The van der Waals surface area contributed by atoms with Crippen LogP contribution in [0.3, 0.4) is 0 Å². The molecule has 0 heterocycles. The van der Waals surface area contributed by atoms with Gasteiger partial charge in [-0.15, -0.1) is 0 Å². The van der Waals surface area contributed by atoms with E-state index in [0.29, 0.717) is 19.3 Å². The lowest BCUT2D eigenvalue weighted by Crippen LogP contribution is -2.44. The van der Waals surface area contributed by atoms with E-state index in [2.05, 4.69) is 17.6 Å². The third-order valence-electron chi connectivity index (χ3n) is 5.29. The number of hydrogen-bond donors (Lipinski definition) is 2. The molecule has 0 unspecified atom stereocenters. The number of benzene rings is 1. The van der Waals surface area contributed by atoms with Crippen molar-refractivity contribution < 1.29 is 19.1 Å². The molecule has 174 valence electrons. The summed E-state index contributed by atoms with van der Waals surface area (Å²) in [5.74, 6) is -0.692. The van der Waals surface area contributed by atoms with Crippen molar-refractivity contribution in [2.75, 3.05) is 6.73 Å². The number of hydrogen-bond acceptors (Lipinski definition) is 4. The zero-order valence-corrected chi connectivity index (χ0v) is 19.1. The second-order valence-electron chi connectivity index (χ2n) is 8.03. The van der Waals surface area contributed by atoms with E-state index >= 15 is 0 Å². The summed E-state index contributed by atoms with van der Waals surface area (Å²) >= 11 is 0. The molecule has 1 aromatic carbocycles. The van der Waals surface area contributed by atoms with Gasteiger partial charge in [-0.1, -0.05) is 101 Å². The third kappa shape index (κ3) is 14.3. The molecule has 0 aliphatic heterocycles. The minimum absolute atomic E-state index is 0.142. The van der Waals surface area contributed by atoms with Crippen LogP contribution in [0.25, 0.3) is 0 Å². The summed E-state index contributed by atoms with van der Waals surface area (Å²) < 4.78 is 5.03. The number of carbonyl (C=O) groups excluding carboxylic acids is 3. The van der Waals surface area contributed by atoms with Crippen LogP contribution in [0.1, 0.15) is 89.5 Å². The van der Waals surface area contributed by atoms with Gasteiger partial charge in [0.05, 0.1) is 0 Å². The first-order valence-electron chi connectivity index (χ1n) is 11.8. The van der Waals surface area contributed by atoms with Crippen LogP contribution >= 0.6 is 0 Å². The van der Waals surface area contributed by atoms with E-state index in [4.69, 9.17) is 4.74 Å². The van der Waals surface area contributed by atoms with Gasteiger partial charge in [-0.2, -0.15) is 0 Å². The fourth-order valence-corrected chi connectivity index (χ4v) is 3.51. The van der Waals surface area contributed by atoms with E-state index in [0.717, 1.165) is 24.8 Å². The molecule has 2 amide bonds. The van der Waals surface area contributed by atoms with Crippen LogP contribution < -0.4 is 10.6 Å². The van der Waals surface area contributed by atoms with E-state index in [1.54, 1.807) is 0 Å². The monoisotopic (exact) mass is 432 g/mol. The van der Waals surface area contributed by atoms with Crippen LogP contribution in [-0.4, -0.2) is 31.1 Å². The SMILES string of the molecule is CCCCCCCCCCCCCC(=O)N[C@@H](Cc1ccccc1)C(=O)OCNC=O. The number of nitrogens with one attached hydrogen (secondary N) is 2. The van der Waals surface area contributed by atoms with Gasteiger partial charge < -0.3 is 15.4 Å². The number of ether oxygens (including phenoxy) is 1. The highest BCUT2D eigenvalue weighted by Crippen LogP contribution is 2.12. The summed E-state index contributed by atoms with van der Waals surface area (Å²) in [6.07, 6.45) is 14.7. The summed E-state index contributed by atoms with van der Waals surface area (Å²) in [5.41, 5.74) is 0.933. The second kappa shape index (κ2) is 18.4. The Kier molecular flexibility index (Phi) is 15.8. The Morgan fingerprint density at radius 2 is 1.48 bits per heavy atom. The molecular weight excluding hydrogens is 392 g/mol. The number of carbonyl (C=O) groups is 3. The molecule has 0 aliphatic rings. The lowest BCUT2D eigenvalue weighted by molar-refractivity contribution is -0.148. The van der Waals surface area contributed by atoms with Crippen molar-refractivity contribution in [3.8, 4) is 0 Å². The van der Waals surface area contributed by atoms with Crippen LogP contribution in [0, 0.1) is 0 Å². The number of amides is 2. The summed E-state index contributed by atoms with van der Waals surface area (Å²) in [6, 6.07) is 8.71. The maximum Gasteiger partial charge on any atom is 0.330 e. The lowest BCUT2D eigenvalue weighted by atomic mass is 10.0. The molecule has 0 radical (unpaired) electrons. The molecule has 2 N–H and O–H groups in total. The second-order valence-corrected chi connectivity index (χ2v) is 8.03. The van der Waals surface area contributed by atoms with Crippen LogP contribution in [-0.2, 0) is 25.5 Å². The van der Waals surface area contributed by atoms with Crippen LogP contribution in [0.15, 0.2) is 30.3 Å². The third-order valence-corrected chi connectivity index (χ3v) is 5.29. The Hall–Kier alpha value is -2.37. The highest BCUT2D eigenvalue weighted by molar-refractivity contribution is 5.84. The van der Waals surface area contributed by atoms with Crippen molar-refractivity contribution in [2.45, 2.75) is 96.4 Å². The molecule has 1 atom stereocenters. The van der Waals surface area contributed by atoms with Gasteiger partial charge in [0.25, 0.3) is 0 Å². The Balaban J connectivity index is 2.25. The van der Waals surface area contributed by atoms with E-state index in [-0.39, 0.29) is 12.6 Å². The first-order valence-corrected chi connectivity index (χ1v) is 11.8. The quantitative estimate of drug-likeness (QED) is 0.144. The molecule has 0 aromatic heterocycles. The average Bonchev–Trinajstić information content (AvgIpc) is 2.78. The minimum atomic E-state index is -0.768. The predicted octanol–water partition coefficient (Wildman–Crippen LogP) is 4.66. The molecule has 0 saturated carbocycles. The Morgan fingerprint density at radius 1 is 0.903 bits per heavy atom. The highest BCUT2D eigenvalue weighted by atomic mass is 16.5. The van der Waals surface area contributed by atoms with Crippen molar-refractivity contribution in [1.29, 1.82) is 0 Å². The van der Waals surface area contributed by atoms with Gasteiger partial charge in [0, 0.05) is 12.8 Å². The Labute approximate surface area is 187 Å². The summed E-state index contributed by atoms with van der Waals surface area (Å²) in [5, 5.41) is 5.09. The topological polar surface area (TPSA) is 84.5 Å². The lowest BCUT2D eigenvalue weighted by Gasteiger charge is -2.18. The molecule has 6 nitrogen and oxygen atoms in total. The fraction of sp³-hybridized carbons (Fsp3) is 0.640. The first-order chi connectivity index (χ1) is 15.2. The zero-order chi connectivity index (χ0) is 22.6. The molecule has 0 aliphatic carbocycles. The van der Waals surface area contributed by atoms with Crippen molar-refractivity contribution in [3.63, 3.8) is 0 Å². The standard InChI is InChI=1S/C25H40N2O4/c1-2-3-4-5-6-7-8-9-10-11-15-18-24(29)27-23(25(30)31-21-26-20-28)19-22-16-13-12-14-17-22/h12-14,16-17,20,23H,2-11,15,18-19,21H2,1H3,(H,26,28)(H,27,29)/t23-/m0/s1. The average molecular weight is 433 g/mol. The van der Waals surface area contributed by atoms with Gasteiger partial charge in [0.2, 0.25) is 12.3 Å². The van der Waals surface area contributed by atoms with Gasteiger partial charge >= 0.3 is 5.97 Å². The predicted molar refractivity (Wildman–Crippen MR) is 123 cm³/mol. The van der Waals surface area contributed by atoms with Crippen LogP contribution in [0.5, 0.6) is 0 Å². The van der Waals surface area contributed by atoms with Gasteiger partial charge in [0.1, 0.15) is 6.04 Å². The van der Waals surface area contributed by atoms with Crippen molar-refractivity contribution >= 4 is 18.3 Å². The molecule has 1 rings (SSSR count). The number of unbranched alkanes of at least 4 members (excludes halogenated alkanes) is 10. The van der Waals surface area contributed by atoms with Gasteiger partial charge in [-0.05, 0) is 12.0 Å². The van der Waals surface area contributed by atoms with Crippen molar-refractivity contribution in [2.24, 2.45) is 0 Å². The van der Waals surface area contributed by atoms with Crippen molar-refractivity contribution in [3.05, 3.63) is 35.9 Å². The molecule has 1 aromatic rings. The van der Waals surface area contributed by atoms with Crippen molar-refractivity contribution in [1.82, 2.24) is 10.6 Å². The van der Waals surface area contributed by atoms with E-state index in [1.165, 1.54) is 51.4 Å². The van der Waals surface area contributed by atoms with Gasteiger partial charge in [-0.3, -0.25) is 9.59 Å². The molecule has 6 heteroatoms. The smallest absolute Gasteiger partial charge is 0.330 e. The number of rotatable bonds is 19. The Morgan fingerprint density at radius 3 is 2.06 bits per heavy atom. The molecule has 0 fully saturated rings. The van der Waals surface area contributed by atoms with E-state index in [9.17, 15) is 14.4 Å². The summed E-state index contributed by atoms with van der Waals surface area (Å²) in [6.45, 7) is 2.03. The van der Waals surface area contributed by atoms with Crippen LogP contribution in [0.2, 0.25) is 0 Å². The molecule has 31 heavy (non-hydrogen) atoms. The Bertz CT molecular complexity index is 607. The normalized spacial score (nSPS) is 11.5. The van der Waals surface area contributed by atoms with Crippen LogP contribution in [0.4, 0.5) is 0 Å². The minimum Gasteiger partial charge on any atom is -0.443 e. The van der Waals surface area contributed by atoms with E-state index in [1.807, 2.05) is 30.3 Å². The molecule has 0 spiro atoms. The summed E-state index contributed by atoms with van der Waals surface area (Å²) in [7, 11) is 0. The van der Waals surface area contributed by atoms with Gasteiger partial charge in [0.15, 0.2) is 6.73 Å².